The van der Waals surface area contributed by atoms with E-state index in [2.05, 4.69) is 4.98 Å². The average Bonchev–Trinajstić information content (AvgIpc) is 1.95. The van der Waals surface area contributed by atoms with Crippen molar-refractivity contribution < 1.29 is 9.50 Å². The Morgan fingerprint density at radius 2 is 2.36 bits per heavy atom. The van der Waals surface area contributed by atoms with Crippen LogP contribution in [-0.2, 0) is 6.42 Å². The molecule has 0 aliphatic carbocycles. The summed E-state index contributed by atoms with van der Waals surface area (Å²) in [6, 6.07) is 1.03. The Hall–Kier alpha value is -1.16. The zero-order valence-corrected chi connectivity index (χ0v) is 5.92. The average molecular weight is 156 g/mol. The van der Waals surface area contributed by atoms with Gasteiger partial charge in [-0.15, -0.1) is 0 Å². The van der Waals surface area contributed by atoms with E-state index in [0.717, 1.165) is 12.3 Å². The van der Waals surface area contributed by atoms with E-state index in [4.69, 9.17) is 10.8 Å². The summed E-state index contributed by atoms with van der Waals surface area (Å²) in [5.74, 6) is -0.668. The third-order valence-corrected chi connectivity index (χ3v) is 1.30. The van der Waals surface area contributed by atoms with Crippen molar-refractivity contribution in [3.8, 4) is 5.75 Å². The highest BCUT2D eigenvalue weighted by molar-refractivity contribution is 5.25. The Kier molecular flexibility index (Phi) is 2.38. The largest absolute Gasteiger partial charge is 0.506 e. The first-order valence-corrected chi connectivity index (χ1v) is 3.27. The molecular formula is C7H9FN2O. The fourth-order valence-electron chi connectivity index (χ4n) is 0.786. The van der Waals surface area contributed by atoms with E-state index in [1.165, 1.54) is 0 Å². The summed E-state index contributed by atoms with van der Waals surface area (Å²) in [7, 11) is 0. The predicted molar refractivity (Wildman–Crippen MR) is 38.6 cm³/mol. The highest BCUT2D eigenvalue weighted by Gasteiger charge is 2.01. The van der Waals surface area contributed by atoms with Crippen molar-refractivity contribution in [3.63, 3.8) is 0 Å². The Balaban J connectivity index is 2.90. The molecule has 0 unspecified atom stereocenters. The summed E-state index contributed by atoms with van der Waals surface area (Å²) in [6.07, 6.45) is 1.52. The van der Waals surface area contributed by atoms with Crippen LogP contribution < -0.4 is 5.73 Å². The molecule has 3 N–H and O–H groups in total. The van der Waals surface area contributed by atoms with Gasteiger partial charge in [0, 0.05) is 12.5 Å². The van der Waals surface area contributed by atoms with E-state index in [9.17, 15) is 4.39 Å². The Labute approximate surface area is 63.7 Å². The van der Waals surface area contributed by atoms with Crippen LogP contribution in [0, 0.1) is 5.82 Å². The summed E-state index contributed by atoms with van der Waals surface area (Å²) in [6.45, 7) is 0.395. The summed E-state index contributed by atoms with van der Waals surface area (Å²) < 4.78 is 12.3. The van der Waals surface area contributed by atoms with Gasteiger partial charge in [-0.25, -0.2) is 4.39 Å². The van der Waals surface area contributed by atoms with E-state index >= 15 is 0 Å². The van der Waals surface area contributed by atoms with Crippen LogP contribution in [0.5, 0.6) is 5.75 Å². The van der Waals surface area contributed by atoms with Gasteiger partial charge in [0.25, 0.3) is 0 Å². The Bertz CT molecular complexity index is 252. The van der Waals surface area contributed by atoms with Crippen molar-refractivity contribution in [2.24, 2.45) is 5.73 Å². The van der Waals surface area contributed by atoms with Gasteiger partial charge < -0.3 is 10.8 Å². The molecule has 0 bridgehead atoms. The molecule has 1 aromatic rings. The molecule has 0 radical (unpaired) electrons. The molecular weight excluding hydrogens is 147 g/mol. The van der Waals surface area contributed by atoms with Gasteiger partial charge in [0.15, 0.2) is 0 Å². The second-order valence-electron chi connectivity index (χ2n) is 2.16. The van der Waals surface area contributed by atoms with Gasteiger partial charge in [0.05, 0.1) is 11.9 Å². The van der Waals surface area contributed by atoms with Crippen LogP contribution in [0.1, 0.15) is 5.69 Å². The van der Waals surface area contributed by atoms with E-state index in [1.807, 2.05) is 0 Å². The SMILES string of the molecule is NCCc1ncc(F)cc1O. The van der Waals surface area contributed by atoms with Gasteiger partial charge in [-0.2, -0.15) is 0 Å². The van der Waals surface area contributed by atoms with Crippen molar-refractivity contribution in [1.82, 2.24) is 4.98 Å². The molecule has 0 aromatic carbocycles. The quantitative estimate of drug-likeness (QED) is 0.652. The maximum atomic E-state index is 12.3. The number of pyridine rings is 1. The molecule has 0 aliphatic rings. The van der Waals surface area contributed by atoms with Gasteiger partial charge in [-0.05, 0) is 6.54 Å². The number of rotatable bonds is 2. The fourth-order valence-corrected chi connectivity index (χ4v) is 0.786. The Morgan fingerprint density at radius 3 is 2.91 bits per heavy atom. The summed E-state index contributed by atoms with van der Waals surface area (Å²) >= 11 is 0. The minimum absolute atomic E-state index is 0.129. The van der Waals surface area contributed by atoms with E-state index in [0.29, 0.717) is 18.7 Å². The molecule has 3 nitrogen and oxygen atoms in total. The molecule has 4 heteroatoms. The minimum Gasteiger partial charge on any atom is -0.506 e. The van der Waals surface area contributed by atoms with Crippen molar-refractivity contribution in [2.45, 2.75) is 6.42 Å². The molecule has 1 aromatic heterocycles. The lowest BCUT2D eigenvalue weighted by molar-refractivity contribution is 0.456. The number of halogens is 1. The molecule has 0 saturated carbocycles. The van der Waals surface area contributed by atoms with Crippen molar-refractivity contribution in [3.05, 3.63) is 23.8 Å². The smallest absolute Gasteiger partial charge is 0.145 e. The summed E-state index contributed by atoms with van der Waals surface area (Å²) in [5, 5.41) is 9.06. The zero-order valence-electron chi connectivity index (χ0n) is 5.92. The monoisotopic (exact) mass is 156 g/mol. The van der Waals surface area contributed by atoms with Crippen LogP contribution in [-0.4, -0.2) is 16.6 Å². The first kappa shape index (κ1) is 7.94. The number of aromatic hydroxyl groups is 1. The highest BCUT2D eigenvalue weighted by atomic mass is 19.1. The third-order valence-electron chi connectivity index (χ3n) is 1.30. The Morgan fingerprint density at radius 1 is 1.64 bits per heavy atom. The lowest BCUT2D eigenvalue weighted by Crippen LogP contribution is -2.04. The van der Waals surface area contributed by atoms with Crippen LogP contribution in [0.25, 0.3) is 0 Å². The normalized spacial score (nSPS) is 10.0. The molecule has 0 aliphatic heterocycles. The molecule has 0 spiro atoms. The topological polar surface area (TPSA) is 59.1 Å². The molecule has 0 amide bonds. The van der Waals surface area contributed by atoms with Crippen LogP contribution in [0.4, 0.5) is 4.39 Å². The van der Waals surface area contributed by atoms with Crippen LogP contribution in [0.3, 0.4) is 0 Å². The van der Waals surface area contributed by atoms with Gasteiger partial charge >= 0.3 is 0 Å². The van der Waals surface area contributed by atoms with Crippen LogP contribution >= 0.6 is 0 Å². The van der Waals surface area contributed by atoms with Gasteiger partial charge in [0.1, 0.15) is 11.6 Å². The number of hydrogen-bond acceptors (Lipinski definition) is 3. The molecule has 60 valence electrons. The van der Waals surface area contributed by atoms with Crippen LogP contribution in [0.2, 0.25) is 0 Å². The predicted octanol–water partition coefficient (Wildman–Crippen LogP) is 0.427. The first-order chi connectivity index (χ1) is 5.24. The van der Waals surface area contributed by atoms with Gasteiger partial charge in [-0.3, -0.25) is 4.98 Å². The highest BCUT2D eigenvalue weighted by Crippen LogP contribution is 2.14. The van der Waals surface area contributed by atoms with Crippen molar-refractivity contribution in [2.75, 3.05) is 6.54 Å². The van der Waals surface area contributed by atoms with E-state index < -0.39 is 5.82 Å². The molecule has 11 heavy (non-hydrogen) atoms. The second kappa shape index (κ2) is 3.30. The lowest BCUT2D eigenvalue weighted by Gasteiger charge is -1.99. The third kappa shape index (κ3) is 1.88. The summed E-state index contributed by atoms with van der Waals surface area (Å²) in [5.41, 5.74) is 5.66. The molecule has 1 heterocycles. The summed E-state index contributed by atoms with van der Waals surface area (Å²) in [4.78, 5) is 3.66. The molecule has 1 rings (SSSR count). The van der Waals surface area contributed by atoms with Gasteiger partial charge in [-0.1, -0.05) is 0 Å². The number of aromatic nitrogens is 1. The molecule has 0 saturated heterocycles. The minimum atomic E-state index is -0.539. The first-order valence-electron chi connectivity index (χ1n) is 3.27. The van der Waals surface area contributed by atoms with Crippen molar-refractivity contribution in [1.29, 1.82) is 0 Å². The fraction of sp³-hybridized carbons (Fsp3) is 0.286. The standard InChI is InChI=1S/C7H9FN2O/c8-5-3-7(11)6(1-2-9)10-4-5/h3-4,11H,1-2,9H2. The number of nitrogens with two attached hydrogens (primary N) is 1. The maximum absolute atomic E-state index is 12.3. The molecule has 0 fully saturated rings. The van der Waals surface area contributed by atoms with Crippen molar-refractivity contribution >= 4 is 0 Å². The number of hydrogen-bond donors (Lipinski definition) is 2. The van der Waals surface area contributed by atoms with E-state index in [-0.39, 0.29) is 5.75 Å². The number of nitrogens with zero attached hydrogens (tertiary/aromatic N) is 1. The van der Waals surface area contributed by atoms with Crippen LogP contribution in [0.15, 0.2) is 12.3 Å². The second-order valence-corrected chi connectivity index (χ2v) is 2.16. The maximum Gasteiger partial charge on any atom is 0.145 e. The molecule has 0 atom stereocenters. The zero-order chi connectivity index (χ0) is 8.27. The van der Waals surface area contributed by atoms with E-state index in [1.54, 1.807) is 0 Å². The van der Waals surface area contributed by atoms with Gasteiger partial charge in [0.2, 0.25) is 0 Å². The lowest BCUT2D eigenvalue weighted by atomic mass is 10.2.